The van der Waals surface area contributed by atoms with Crippen LogP contribution in [0.5, 0.6) is 0 Å². The fourth-order valence-corrected chi connectivity index (χ4v) is 2.29. The number of hydrogen-bond donors (Lipinski definition) is 1. The molecule has 0 aliphatic rings. The number of unbranched alkanes of at least 4 members (excludes halogenated alkanes) is 1. The predicted molar refractivity (Wildman–Crippen MR) is 72.2 cm³/mol. The van der Waals surface area contributed by atoms with Crippen LogP contribution in [0.2, 0.25) is 0 Å². The third kappa shape index (κ3) is 3.86. The average Bonchev–Trinajstić information content (AvgIpc) is 2.15. The van der Waals surface area contributed by atoms with Crippen LogP contribution in [0.4, 0.5) is 5.69 Å². The Morgan fingerprint density at radius 2 is 1.67 bits per heavy atom. The molecule has 1 aromatic carbocycles. The molecule has 0 atom stereocenters. The second-order valence-electron chi connectivity index (χ2n) is 4.10. The summed E-state index contributed by atoms with van der Waals surface area (Å²) in [5.41, 5.74) is 5.36. The maximum atomic E-state index is 3.52. The summed E-state index contributed by atoms with van der Waals surface area (Å²) in [5.74, 6) is 0. The number of anilines is 1. The van der Waals surface area contributed by atoms with E-state index in [0.29, 0.717) is 0 Å². The molecule has 0 heterocycles. The smallest absolute Gasteiger partial charge is 0.0399 e. The van der Waals surface area contributed by atoms with E-state index in [-0.39, 0.29) is 0 Å². The van der Waals surface area contributed by atoms with Crippen molar-refractivity contribution >= 4 is 21.6 Å². The Bertz CT molecular complexity index is 297. The molecule has 1 nitrogen and oxygen atoms in total. The van der Waals surface area contributed by atoms with Crippen LogP contribution in [-0.2, 0) is 0 Å². The van der Waals surface area contributed by atoms with Crippen LogP contribution in [0, 0.1) is 20.8 Å². The van der Waals surface area contributed by atoms with Crippen molar-refractivity contribution in [1.82, 2.24) is 0 Å². The fourth-order valence-electron chi connectivity index (χ4n) is 1.89. The van der Waals surface area contributed by atoms with Crippen LogP contribution in [0.3, 0.4) is 0 Å². The number of aryl methyl sites for hydroxylation is 3. The first kappa shape index (κ1) is 12.6. The zero-order valence-electron chi connectivity index (χ0n) is 9.86. The number of halogens is 1. The van der Waals surface area contributed by atoms with Gasteiger partial charge in [0.25, 0.3) is 0 Å². The molecule has 0 aliphatic carbocycles. The van der Waals surface area contributed by atoms with Gasteiger partial charge in [-0.05, 0) is 44.7 Å². The van der Waals surface area contributed by atoms with E-state index >= 15 is 0 Å². The molecule has 84 valence electrons. The first-order chi connectivity index (χ1) is 7.15. The fraction of sp³-hybridized carbons (Fsp3) is 0.538. The molecule has 0 fully saturated rings. The van der Waals surface area contributed by atoms with Gasteiger partial charge in [-0.1, -0.05) is 33.6 Å². The van der Waals surface area contributed by atoms with Crippen LogP contribution >= 0.6 is 15.9 Å². The highest BCUT2D eigenvalue weighted by atomic mass is 79.9. The molecule has 0 radical (unpaired) electrons. The molecule has 0 aromatic heterocycles. The summed E-state index contributed by atoms with van der Waals surface area (Å²) in [7, 11) is 0. The van der Waals surface area contributed by atoms with Gasteiger partial charge in [0.2, 0.25) is 0 Å². The van der Waals surface area contributed by atoms with Gasteiger partial charge in [0, 0.05) is 17.6 Å². The Balaban J connectivity index is 2.60. The lowest BCUT2D eigenvalue weighted by atomic mass is 10.1. The molecule has 15 heavy (non-hydrogen) atoms. The highest BCUT2D eigenvalue weighted by molar-refractivity contribution is 9.09. The van der Waals surface area contributed by atoms with Gasteiger partial charge in [0.1, 0.15) is 0 Å². The van der Waals surface area contributed by atoms with Gasteiger partial charge >= 0.3 is 0 Å². The van der Waals surface area contributed by atoms with Gasteiger partial charge < -0.3 is 5.32 Å². The number of benzene rings is 1. The van der Waals surface area contributed by atoms with E-state index in [4.69, 9.17) is 0 Å². The van der Waals surface area contributed by atoms with E-state index in [0.717, 1.165) is 11.9 Å². The molecule has 1 aromatic rings. The molecule has 1 N–H and O–H groups in total. The van der Waals surface area contributed by atoms with Crippen molar-refractivity contribution in [3.05, 3.63) is 28.8 Å². The molecule has 2 heteroatoms. The van der Waals surface area contributed by atoms with Crippen molar-refractivity contribution in [2.45, 2.75) is 33.6 Å². The van der Waals surface area contributed by atoms with Crippen molar-refractivity contribution in [3.63, 3.8) is 0 Å². The SMILES string of the molecule is Cc1cc(C)c(NCCCCBr)c(C)c1. The van der Waals surface area contributed by atoms with Gasteiger partial charge in [-0.3, -0.25) is 0 Å². The maximum absolute atomic E-state index is 3.52. The molecule has 0 saturated heterocycles. The lowest BCUT2D eigenvalue weighted by Crippen LogP contribution is -2.05. The average molecular weight is 270 g/mol. The highest BCUT2D eigenvalue weighted by Gasteiger charge is 2.02. The molecule has 0 bridgehead atoms. The normalized spacial score (nSPS) is 10.4. The van der Waals surface area contributed by atoms with Crippen molar-refractivity contribution in [2.75, 3.05) is 17.2 Å². The number of alkyl halides is 1. The van der Waals surface area contributed by atoms with Crippen molar-refractivity contribution < 1.29 is 0 Å². The minimum Gasteiger partial charge on any atom is -0.385 e. The standard InChI is InChI=1S/C13H20BrN/c1-10-8-11(2)13(12(3)9-10)15-7-5-4-6-14/h8-9,15H,4-7H2,1-3H3. The summed E-state index contributed by atoms with van der Waals surface area (Å²) in [6, 6.07) is 4.47. The Morgan fingerprint density at radius 3 is 2.20 bits per heavy atom. The highest BCUT2D eigenvalue weighted by Crippen LogP contribution is 2.21. The Kier molecular flexibility index (Phi) is 5.16. The summed E-state index contributed by atoms with van der Waals surface area (Å²) in [6.45, 7) is 7.56. The monoisotopic (exact) mass is 269 g/mol. The molecule has 0 spiro atoms. The topological polar surface area (TPSA) is 12.0 Å². The molecular weight excluding hydrogens is 250 g/mol. The van der Waals surface area contributed by atoms with Gasteiger partial charge in [-0.25, -0.2) is 0 Å². The zero-order valence-corrected chi connectivity index (χ0v) is 11.4. The molecule has 0 amide bonds. The van der Waals surface area contributed by atoms with Crippen molar-refractivity contribution in [3.8, 4) is 0 Å². The maximum Gasteiger partial charge on any atom is 0.0399 e. The van der Waals surface area contributed by atoms with E-state index in [2.05, 4.69) is 54.2 Å². The first-order valence-corrected chi connectivity index (χ1v) is 6.65. The number of rotatable bonds is 5. The molecule has 0 saturated carbocycles. The quantitative estimate of drug-likeness (QED) is 0.624. The second kappa shape index (κ2) is 6.16. The van der Waals surface area contributed by atoms with Crippen LogP contribution in [-0.4, -0.2) is 11.9 Å². The molecule has 0 unspecified atom stereocenters. The zero-order chi connectivity index (χ0) is 11.3. The van der Waals surface area contributed by atoms with Crippen LogP contribution in [0.25, 0.3) is 0 Å². The Labute approximate surface area is 101 Å². The minimum absolute atomic E-state index is 1.07. The summed E-state index contributed by atoms with van der Waals surface area (Å²) in [4.78, 5) is 0. The van der Waals surface area contributed by atoms with Gasteiger partial charge in [0.05, 0.1) is 0 Å². The first-order valence-electron chi connectivity index (χ1n) is 5.53. The summed E-state index contributed by atoms with van der Waals surface area (Å²) < 4.78 is 0. The Hall–Kier alpha value is -0.500. The molecular formula is C13H20BrN. The third-order valence-electron chi connectivity index (χ3n) is 2.54. The van der Waals surface area contributed by atoms with Gasteiger partial charge in [-0.15, -0.1) is 0 Å². The summed E-state index contributed by atoms with van der Waals surface area (Å²) >= 11 is 3.45. The van der Waals surface area contributed by atoms with Crippen molar-refractivity contribution in [1.29, 1.82) is 0 Å². The largest absolute Gasteiger partial charge is 0.385 e. The van der Waals surface area contributed by atoms with Gasteiger partial charge in [-0.2, -0.15) is 0 Å². The molecule has 0 aliphatic heterocycles. The summed E-state index contributed by atoms with van der Waals surface area (Å²) in [5, 5.41) is 4.62. The van der Waals surface area contributed by atoms with E-state index < -0.39 is 0 Å². The van der Waals surface area contributed by atoms with Crippen LogP contribution < -0.4 is 5.32 Å². The van der Waals surface area contributed by atoms with Crippen LogP contribution in [0.15, 0.2) is 12.1 Å². The van der Waals surface area contributed by atoms with E-state index in [1.165, 1.54) is 35.2 Å². The lowest BCUT2D eigenvalue weighted by molar-refractivity contribution is 0.845. The van der Waals surface area contributed by atoms with E-state index in [1.54, 1.807) is 0 Å². The second-order valence-corrected chi connectivity index (χ2v) is 4.89. The third-order valence-corrected chi connectivity index (χ3v) is 3.10. The van der Waals surface area contributed by atoms with Crippen molar-refractivity contribution in [2.24, 2.45) is 0 Å². The predicted octanol–water partition coefficient (Wildman–Crippen LogP) is 4.20. The number of hydrogen-bond acceptors (Lipinski definition) is 1. The van der Waals surface area contributed by atoms with E-state index in [1.807, 2.05) is 0 Å². The van der Waals surface area contributed by atoms with Crippen LogP contribution in [0.1, 0.15) is 29.5 Å². The number of nitrogens with one attached hydrogen (secondary N) is 1. The minimum atomic E-state index is 1.07. The van der Waals surface area contributed by atoms with E-state index in [9.17, 15) is 0 Å². The Morgan fingerprint density at radius 1 is 1.07 bits per heavy atom. The molecule has 1 rings (SSSR count). The lowest BCUT2D eigenvalue weighted by Gasteiger charge is -2.13. The van der Waals surface area contributed by atoms with Gasteiger partial charge in [0.15, 0.2) is 0 Å². The summed E-state index contributed by atoms with van der Waals surface area (Å²) in [6.07, 6.45) is 2.45.